The third-order valence-electron chi connectivity index (χ3n) is 4.37. The molecule has 3 aromatic rings. The van der Waals surface area contributed by atoms with Crippen molar-refractivity contribution in [2.45, 2.75) is 13.5 Å². The van der Waals surface area contributed by atoms with Crippen LogP contribution < -0.4 is 14.8 Å². The number of ether oxygens (including phenoxy) is 2. The zero-order valence-electron chi connectivity index (χ0n) is 14.8. The molecule has 0 aliphatic heterocycles. The molecule has 6 nitrogen and oxygen atoms in total. The minimum Gasteiger partial charge on any atom is -0.493 e. The molecule has 26 heavy (non-hydrogen) atoms. The van der Waals surface area contributed by atoms with Gasteiger partial charge in [0.05, 0.1) is 37.6 Å². The Balaban J connectivity index is 2.22. The average Bonchev–Trinajstić information content (AvgIpc) is 2.68. The zero-order chi connectivity index (χ0) is 18.7. The molecule has 0 unspecified atom stereocenters. The summed E-state index contributed by atoms with van der Waals surface area (Å²) in [4.78, 5) is 4.36. The summed E-state index contributed by atoms with van der Waals surface area (Å²) < 4.78 is 10.7. The first kappa shape index (κ1) is 17.5. The summed E-state index contributed by atoms with van der Waals surface area (Å²) in [5.41, 5.74) is 4.29. The molecule has 0 fully saturated rings. The van der Waals surface area contributed by atoms with E-state index in [1.54, 1.807) is 26.4 Å². The number of methoxy groups -OCH3 is 2. The number of benzene rings is 2. The van der Waals surface area contributed by atoms with Crippen LogP contribution in [-0.4, -0.2) is 24.3 Å². The van der Waals surface area contributed by atoms with Crippen molar-refractivity contribution in [2.75, 3.05) is 19.5 Å². The van der Waals surface area contributed by atoms with Gasteiger partial charge in [0.25, 0.3) is 0 Å². The van der Waals surface area contributed by atoms with E-state index in [0.717, 1.165) is 22.2 Å². The predicted octanol–water partition coefficient (Wildman–Crippen LogP) is 3.67. The molecule has 0 radical (unpaired) electrons. The van der Waals surface area contributed by atoms with Gasteiger partial charge in [-0.1, -0.05) is 12.1 Å². The molecular formula is C20H19N3O3. The smallest absolute Gasteiger partial charge is 0.162 e. The van der Waals surface area contributed by atoms with Gasteiger partial charge < -0.3 is 19.9 Å². The van der Waals surface area contributed by atoms with Crippen molar-refractivity contribution in [1.82, 2.24) is 4.98 Å². The Hall–Kier alpha value is -3.30. The first-order valence-corrected chi connectivity index (χ1v) is 8.04. The van der Waals surface area contributed by atoms with Gasteiger partial charge in [-0.15, -0.1) is 0 Å². The lowest BCUT2D eigenvalue weighted by molar-refractivity contribution is 0.281. The summed E-state index contributed by atoms with van der Waals surface area (Å²) in [5, 5.41) is 23.1. The molecule has 0 aliphatic rings. The van der Waals surface area contributed by atoms with Gasteiger partial charge >= 0.3 is 0 Å². The Morgan fingerprint density at radius 3 is 2.58 bits per heavy atom. The van der Waals surface area contributed by atoms with Crippen LogP contribution in [0.2, 0.25) is 0 Å². The third-order valence-corrected chi connectivity index (χ3v) is 4.37. The summed E-state index contributed by atoms with van der Waals surface area (Å²) in [6.07, 6.45) is 1.53. The Bertz CT molecular complexity index is 1010. The van der Waals surface area contributed by atoms with Gasteiger partial charge in [0.2, 0.25) is 0 Å². The van der Waals surface area contributed by atoms with Crippen molar-refractivity contribution in [3.05, 3.63) is 53.2 Å². The number of rotatable bonds is 5. The maximum absolute atomic E-state index is 9.53. The number of pyridine rings is 1. The Labute approximate surface area is 151 Å². The molecule has 0 aliphatic carbocycles. The Kier molecular flexibility index (Phi) is 4.92. The van der Waals surface area contributed by atoms with Crippen LogP contribution in [0.4, 0.5) is 11.4 Å². The second kappa shape index (κ2) is 7.30. The Morgan fingerprint density at radius 2 is 1.92 bits per heavy atom. The highest BCUT2D eigenvalue weighted by atomic mass is 16.5. The van der Waals surface area contributed by atoms with Crippen molar-refractivity contribution in [3.8, 4) is 17.6 Å². The van der Waals surface area contributed by atoms with E-state index in [1.165, 1.54) is 6.20 Å². The standard InChI is InChI=1S/C20H19N3O3/c1-12-13(11-24)5-4-6-16(12)23-20-14(9-21)10-22-17-8-19(26-3)18(25-2)7-15(17)20/h4-8,10,24H,11H2,1-3H3,(H,22,23). The van der Waals surface area contributed by atoms with Crippen LogP contribution in [0.5, 0.6) is 11.5 Å². The number of fused-ring (bicyclic) bond motifs is 1. The molecule has 0 saturated carbocycles. The maximum atomic E-state index is 9.53. The van der Waals surface area contributed by atoms with Gasteiger partial charge in [-0.05, 0) is 30.2 Å². The fourth-order valence-corrected chi connectivity index (χ4v) is 2.86. The predicted molar refractivity (Wildman–Crippen MR) is 99.9 cm³/mol. The van der Waals surface area contributed by atoms with Gasteiger partial charge in [0.15, 0.2) is 11.5 Å². The molecule has 0 saturated heterocycles. The van der Waals surface area contributed by atoms with Crippen LogP contribution >= 0.6 is 0 Å². The van der Waals surface area contributed by atoms with Crippen molar-refractivity contribution in [3.63, 3.8) is 0 Å². The monoisotopic (exact) mass is 349 g/mol. The van der Waals surface area contributed by atoms with Crippen molar-refractivity contribution in [2.24, 2.45) is 0 Å². The van der Waals surface area contributed by atoms with E-state index in [-0.39, 0.29) is 6.61 Å². The van der Waals surface area contributed by atoms with E-state index in [0.29, 0.717) is 28.3 Å². The van der Waals surface area contributed by atoms with Crippen molar-refractivity contribution >= 4 is 22.3 Å². The summed E-state index contributed by atoms with van der Waals surface area (Å²) in [6.45, 7) is 1.88. The number of anilines is 2. The molecule has 0 amide bonds. The molecule has 0 bridgehead atoms. The number of nitrogens with one attached hydrogen (secondary N) is 1. The van der Waals surface area contributed by atoms with E-state index in [9.17, 15) is 10.4 Å². The zero-order valence-corrected chi connectivity index (χ0v) is 14.8. The number of hydrogen-bond donors (Lipinski definition) is 2. The summed E-state index contributed by atoms with van der Waals surface area (Å²) >= 11 is 0. The van der Waals surface area contributed by atoms with Crippen LogP contribution in [0.25, 0.3) is 10.9 Å². The number of aromatic nitrogens is 1. The van der Waals surface area contributed by atoms with Crippen molar-refractivity contribution in [1.29, 1.82) is 5.26 Å². The first-order chi connectivity index (χ1) is 12.6. The molecule has 0 spiro atoms. The van der Waals surface area contributed by atoms with Gasteiger partial charge in [-0.25, -0.2) is 0 Å². The van der Waals surface area contributed by atoms with Crippen LogP contribution in [0.3, 0.4) is 0 Å². The largest absolute Gasteiger partial charge is 0.493 e. The van der Waals surface area contributed by atoms with Gasteiger partial charge in [-0.2, -0.15) is 5.26 Å². The second-order valence-corrected chi connectivity index (χ2v) is 5.76. The lowest BCUT2D eigenvalue weighted by Crippen LogP contribution is -2.01. The maximum Gasteiger partial charge on any atom is 0.162 e. The van der Waals surface area contributed by atoms with Gasteiger partial charge in [0.1, 0.15) is 6.07 Å². The van der Waals surface area contributed by atoms with Gasteiger partial charge in [0, 0.05) is 23.3 Å². The van der Waals surface area contributed by atoms with Gasteiger partial charge in [-0.3, -0.25) is 4.98 Å². The number of hydrogen-bond acceptors (Lipinski definition) is 6. The molecule has 1 heterocycles. The normalized spacial score (nSPS) is 10.4. The molecule has 2 aromatic carbocycles. The van der Waals surface area contributed by atoms with E-state index in [4.69, 9.17) is 9.47 Å². The summed E-state index contributed by atoms with van der Waals surface area (Å²) in [7, 11) is 3.13. The highest BCUT2D eigenvalue weighted by Crippen LogP contribution is 2.37. The second-order valence-electron chi connectivity index (χ2n) is 5.76. The molecular weight excluding hydrogens is 330 g/mol. The molecule has 0 atom stereocenters. The molecule has 3 rings (SSSR count). The van der Waals surface area contributed by atoms with Crippen molar-refractivity contribution < 1.29 is 14.6 Å². The fraction of sp³-hybridized carbons (Fsp3) is 0.200. The van der Waals surface area contributed by atoms with E-state index >= 15 is 0 Å². The van der Waals surface area contributed by atoms with E-state index in [2.05, 4.69) is 16.4 Å². The minimum atomic E-state index is -0.0470. The number of nitrogens with zero attached hydrogens (tertiary/aromatic N) is 2. The lowest BCUT2D eigenvalue weighted by atomic mass is 10.1. The minimum absolute atomic E-state index is 0.0470. The van der Waals surface area contributed by atoms with E-state index < -0.39 is 0 Å². The Morgan fingerprint density at radius 1 is 1.19 bits per heavy atom. The lowest BCUT2D eigenvalue weighted by Gasteiger charge is -2.16. The highest BCUT2D eigenvalue weighted by Gasteiger charge is 2.15. The number of nitriles is 1. The van der Waals surface area contributed by atoms with Crippen LogP contribution in [0.15, 0.2) is 36.5 Å². The van der Waals surface area contributed by atoms with Crippen LogP contribution in [0.1, 0.15) is 16.7 Å². The summed E-state index contributed by atoms with van der Waals surface area (Å²) in [6, 6.07) is 11.4. The fourth-order valence-electron chi connectivity index (χ4n) is 2.86. The third kappa shape index (κ3) is 3.01. The SMILES string of the molecule is COc1cc2ncc(C#N)c(Nc3cccc(CO)c3C)c2cc1OC. The molecule has 1 aromatic heterocycles. The first-order valence-electron chi connectivity index (χ1n) is 8.04. The quantitative estimate of drug-likeness (QED) is 0.731. The molecule has 132 valence electrons. The molecule has 6 heteroatoms. The molecule has 2 N–H and O–H groups in total. The summed E-state index contributed by atoms with van der Waals surface area (Å²) in [5.74, 6) is 1.13. The van der Waals surface area contributed by atoms with E-state index in [1.807, 2.05) is 25.1 Å². The van der Waals surface area contributed by atoms with Crippen LogP contribution in [-0.2, 0) is 6.61 Å². The highest BCUT2D eigenvalue weighted by molar-refractivity contribution is 5.97. The number of aliphatic hydroxyl groups is 1. The van der Waals surface area contributed by atoms with Crippen LogP contribution in [0, 0.1) is 18.3 Å². The average molecular weight is 349 g/mol. The topological polar surface area (TPSA) is 87.4 Å². The number of aliphatic hydroxyl groups excluding tert-OH is 1.